The predicted octanol–water partition coefficient (Wildman–Crippen LogP) is 10.8. The Morgan fingerprint density at radius 1 is 0.319 bits per heavy atom. The van der Waals surface area contributed by atoms with Crippen molar-refractivity contribution in [2.24, 2.45) is 0 Å². The van der Waals surface area contributed by atoms with Crippen LogP contribution >= 0.6 is 0 Å². The van der Waals surface area contributed by atoms with E-state index < -0.39 is 0 Å². The van der Waals surface area contributed by atoms with E-state index >= 15 is 0 Å². The summed E-state index contributed by atoms with van der Waals surface area (Å²) in [7, 11) is 0. The fourth-order valence-electron chi connectivity index (χ4n) is 7.21. The maximum absolute atomic E-state index is 4.89. The minimum absolute atomic E-state index is 0.655. The third kappa shape index (κ3) is 3.98. The molecule has 9 aromatic rings. The van der Waals surface area contributed by atoms with E-state index in [0.717, 1.165) is 33.5 Å². The van der Waals surface area contributed by atoms with Crippen LogP contribution in [0.15, 0.2) is 158 Å². The van der Waals surface area contributed by atoms with Gasteiger partial charge in [0.1, 0.15) is 0 Å². The number of hydrogen-bond acceptors (Lipinski definition) is 3. The van der Waals surface area contributed by atoms with Gasteiger partial charge in [0.2, 0.25) is 0 Å². The van der Waals surface area contributed by atoms with Crippen molar-refractivity contribution in [3.05, 3.63) is 158 Å². The van der Waals surface area contributed by atoms with Gasteiger partial charge in [-0.1, -0.05) is 133 Å². The van der Waals surface area contributed by atoms with Crippen molar-refractivity contribution in [1.29, 1.82) is 0 Å². The summed E-state index contributed by atoms with van der Waals surface area (Å²) >= 11 is 0. The first-order chi connectivity index (χ1) is 23.3. The fraction of sp³-hybridized carbons (Fsp3) is 0. The monoisotopic (exact) mass is 598 g/mol. The molecule has 4 nitrogen and oxygen atoms in total. The Kier molecular flexibility index (Phi) is 5.54. The second-order valence-electron chi connectivity index (χ2n) is 12.1. The summed E-state index contributed by atoms with van der Waals surface area (Å²) in [4.78, 5) is 14.6. The van der Waals surface area contributed by atoms with E-state index in [1.54, 1.807) is 0 Å². The Morgan fingerprint density at radius 3 is 1.43 bits per heavy atom. The molecule has 2 heterocycles. The molecular formula is C43H26N4. The molecule has 0 atom stereocenters. The highest BCUT2D eigenvalue weighted by Gasteiger charge is 2.24. The van der Waals surface area contributed by atoms with E-state index in [2.05, 4.69) is 102 Å². The summed E-state index contributed by atoms with van der Waals surface area (Å²) in [5, 5.41) is 5.40. The van der Waals surface area contributed by atoms with Crippen LogP contribution in [0.2, 0.25) is 0 Å². The first-order valence-corrected chi connectivity index (χ1v) is 15.9. The van der Waals surface area contributed by atoms with Crippen LogP contribution < -0.4 is 0 Å². The molecule has 1 aliphatic rings. The molecule has 0 radical (unpaired) electrons. The largest absolute Gasteiger partial charge is 0.309 e. The van der Waals surface area contributed by atoms with Crippen molar-refractivity contribution >= 4 is 32.6 Å². The molecule has 0 aliphatic heterocycles. The van der Waals surface area contributed by atoms with E-state index in [1.165, 1.54) is 43.7 Å². The Labute approximate surface area is 271 Å². The number of hydrogen-bond donors (Lipinski definition) is 0. The number of aromatic nitrogens is 4. The van der Waals surface area contributed by atoms with Gasteiger partial charge in [-0.3, -0.25) is 0 Å². The summed E-state index contributed by atoms with van der Waals surface area (Å²) in [5.74, 6) is 1.98. The molecule has 218 valence electrons. The van der Waals surface area contributed by atoms with Crippen molar-refractivity contribution in [3.8, 4) is 62.1 Å². The van der Waals surface area contributed by atoms with Crippen LogP contribution in [0.25, 0.3) is 94.7 Å². The van der Waals surface area contributed by atoms with E-state index in [-0.39, 0.29) is 0 Å². The summed E-state index contributed by atoms with van der Waals surface area (Å²) < 4.78 is 2.41. The van der Waals surface area contributed by atoms with Gasteiger partial charge >= 0.3 is 0 Å². The van der Waals surface area contributed by atoms with Crippen LogP contribution in [0, 0.1) is 0 Å². The van der Waals surface area contributed by atoms with Gasteiger partial charge < -0.3 is 4.57 Å². The molecule has 47 heavy (non-hydrogen) atoms. The second-order valence-corrected chi connectivity index (χ2v) is 12.1. The van der Waals surface area contributed by atoms with Crippen LogP contribution in [0.3, 0.4) is 0 Å². The van der Waals surface area contributed by atoms with Crippen LogP contribution in [-0.4, -0.2) is 19.5 Å². The molecule has 10 rings (SSSR count). The van der Waals surface area contributed by atoms with Crippen LogP contribution in [0.4, 0.5) is 0 Å². The van der Waals surface area contributed by atoms with Crippen molar-refractivity contribution in [2.45, 2.75) is 0 Å². The summed E-state index contributed by atoms with van der Waals surface area (Å²) in [5.41, 5.74) is 11.5. The van der Waals surface area contributed by atoms with E-state index in [9.17, 15) is 0 Å². The zero-order valence-corrected chi connectivity index (χ0v) is 25.3. The topological polar surface area (TPSA) is 43.6 Å². The average molecular weight is 599 g/mol. The minimum atomic E-state index is 0.655. The molecule has 0 fully saturated rings. The van der Waals surface area contributed by atoms with Crippen LogP contribution in [0.1, 0.15) is 0 Å². The second kappa shape index (κ2) is 10.1. The Morgan fingerprint density at radius 2 is 0.809 bits per heavy atom. The van der Waals surface area contributed by atoms with Gasteiger partial charge in [-0.05, 0) is 57.3 Å². The van der Waals surface area contributed by atoms with E-state index in [4.69, 9.17) is 15.0 Å². The zero-order chi connectivity index (χ0) is 30.9. The molecule has 0 spiro atoms. The lowest BCUT2D eigenvalue weighted by atomic mass is 10.0. The Balaban J connectivity index is 1.02. The molecule has 0 saturated carbocycles. The molecule has 4 heteroatoms. The quantitative estimate of drug-likeness (QED) is 0.198. The standard InChI is InChI=1S/C43H26N4/c1-3-9-30(10-4-1)41-44-42(31-11-5-2-6-12-31)46-43(45-41)32-19-17-27(18-20-32)28-21-24-33(25-22-28)47-36-16-8-15-35-34-14-7-13-29-23-26-37(47)40(38(29)34)39(35)36/h1-26H. The van der Waals surface area contributed by atoms with Crippen molar-refractivity contribution in [1.82, 2.24) is 19.5 Å². The van der Waals surface area contributed by atoms with Crippen molar-refractivity contribution in [2.75, 3.05) is 0 Å². The first kappa shape index (κ1) is 25.9. The molecule has 0 unspecified atom stereocenters. The summed E-state index contributed by atoms with van der Waals surface area (Å²) in [6, 6.07) is 55.4. The molecular weight excluding hydrogens is 573 g/mol. The van der Waals surface area contributed by atoms with Gasteiger partial charge in [0.25, 0.3) is 0 Å². The number of rotatable bonds is 5. The summed E-state index contributed by atoms with van der Waals surface area (Å²) in [6.45, 7) is 0. The number of benzene rings is 7. The van der Waals surface area contributed by atoms with Gasteiger partial charge in [0, 0.05) is 33.2 Å². The maximum Gasteiger partial charge on any atom is 0.164 e. The lowest BCUT2D eigenvalue weighted by Gasteiger charge is -2.12. The Hall–Kier alpha value is -6.39. The van der Waals surface area contributed by atoms with Gasteiger partial charge in [0.05, 0.1) is 11.0 Å². The van der Waals surface area contributed by atoms with Gasteiger partial charge in [0.15, 0.2) is 17.5 Å². The lowest BCUT2D eigenvalue weighted by molar-refractivity contribution is 1.07. The first-order valence-electron chi connectivity index (χ1n) is 15.9. The molecule has 0 N–H and O–H groups in total. The maximum atomic E-state index is 4.89. The third-order valence-corrected chi connectivity index (χ3v) is 9.39. The van der Waals surface area contributed by atoms with E-state index in [1.807, 2.05) is 60.7 Å². The summed E-state index contributed by atoms with van der Waals surface area (Å²) in [6.07, 6.45) is 0. The van der Waals surface area contributed by atoms with Crippen molar-refractivity contribution < 1.29 is 0 Å². The highest BCUT2D eigenvalue weighted by Crippen LogP contribution is 2.49. The number of fused-ring (bicyclic) bond motifs is 1. The average Bonchev–Trinajstić information content (AvgIpc) is 3.68. The minimum Gasteiger partial charge on any atom is -0.309 e. The van der Waals surface area contributed by atoms with Crippen LogP contribution in [0.5, 0.6) is 0 Å². The molecule has 0 saturated heterocycles. The molecule has 1 aliphatic carbocycles. The van der Waals surface area contributed by atoms with Crippen molar-refractivity contribution in [3.63, 3.8) is 0 Å². The van der Waals surface area contributed by atoms with Crippen LogP contribution in [-0.2, 0) is 0 Å². The highest BCUT2D eigenvalue weighted by molar-refractivity contribution is 6.33. The van der Waals surface area contributed by atoms with Gasteiger partial charge in [-0.15, -0.1) is 0 Å². The highest BCUT2D eigenvalue weighted by atomic mass is 15.0. The molecule has 2 aromatic heterocycles. The Bertz CT molecular complexity index is 2580. The molecule has 7 aromatic carbocycles. The normalized spacial score (nSPS) is 11.8. The van der Waals surface area contributed by atoms with Gasteiger partial charge in [-0.25, -0.2) is 15.0 Å². The lowest BCUT2D eigenvalue weighted by Crippen LogP contribution is -2.00. The molecule has 0 amide bonds. The predicted molar refractivity (Wildman–Crippen MR) is 192 cm³/mol. The smallest absolute Gasteiger partial charge is 0.164 e. The molecule has 0 bridgehead atoms. The van der Waals surface area contributed by atoms with Gasteiger partial charge in [-0.2, -0.15) is 0 Å². The number of nitrogens with zero attached hydrogens (tertiary/aromatic N) is 4. The fourth-order valence-corrected chi connectivity index (χ4v) is 7.21. The van der Waals surface area contributed by atoms with E-state index in [0.29, 0.717) is 17.5 Å². The third-order valence-electron chi connectivity index (χ3n) is 9.39. The SMILES string of the molecule is c1ccc(-c2nc(-c3ccccc3)nc(-c3ccc(-c4ccc(-n5c6cccc7c6c6c8c-7cccc8ccc65)cc4)cc3)n2)cc1. The zero-order valence-electron chi connectivity index (χ0n) is 25.3.